The Labute approximate surface area is 62.6 Å². The van der Waals surface area contributed by atoms with Gasteiger partial charge in [0, 0.05) is 0 Å². The van der Waals surface area contributed by atoms with E-state index in [9.17, 15) is 3.89 Å². The van der Waals surface area contributed by atoms with E-state index >= 15 is 0 Å². The quantitative estimate of drug-likeness (QED) is 0.229. The Hall–Kier alpha value is 2.33. The number of hydrogen-bond acceptors (Lipinski definition) is 4. The second-order valence-corrected chi connectivity index (χ2v) is 44.3. The SMILES string of the molecule is F[SH](=S)=S123S[PH]1(S2)S3. The third-order valence-electron chi connectivity index (χ3n) is 1.33. The Kier molecular flexibility index (Phi) is 0.809. The molecule has 0 bridgehead atoms. The fraction of sp³-hybridized carbons (Fsp3) is 0. The van der Waals surface area contributed by atoms with Crippen molar-refractivity contribution >= 4 is 59.3 Å². The summed E-state index contributed by atoms with van der Waals surface area (Å²) in [6.45, 7) is 0. The van der Waals surface area contributed by atoms with Crippen LogP contribution >= 0.6 is 35.3 Å². The van der Waals surface area contributed by atoms with E-state index in [1.54, 1.807) is 0 Å². The Morgan fingerprint density at radius 3 is 1.88 bits per heavy atom. The summed E-state index contributed by atoms with van der Waals surface area (Å²) < 4.78 is 10.5. The summed E-state index contributed by atoms with van der Waals surface area (Å²) in [5, 5.41) is 0. The van der Waals surface area contributed by atoms with E-state index in [4.69, 9.17) is 0 Å². The number of hydrogen-bond donors (Lipinski definition) is 1. The van der Waals surface area contributed by atoms with Crippen LogP contribution in [-0.2, 0) is 24.0 Å². The zero-order valence-electron chi connectivity index (χ0n) is 3.37. The standard InChI is InChI=1S/FH2PS6/c1-7(3)8-2(4-8,5-8)6-8/h2,7H. The molecule has 3 aliphatic rings. The van der Waals surface area contributed by atoms with Gasteiger partial charge in [-0.05, 0) is 0 Å². The monoisotopic (exact) mass is 244 g/mol. The van der Waals surface area contributed by atoms with Crippen LogP contribution in [0.2, 0.25) is 0 Å². The van der Waals surface area contributed by atoms with Crippen molar-refractivity contribution in [3.8, 4) is 0 Å². The maximum atomic E-state index is 12.6. The molecule has 0 aromatic carbocycles. The minimum absolute atomic E-state index is 0.854. The molecular weight excluding hydrogens is 242 g/mol. The van der Waals surface area contributed by atoms with Crippen LogP contribution in [0.3, 0.4) is 0 Å². The maximum absolute atomic E-state index is 12.6. The third-order valence-corrected chi connectivity index (χ3v) is 88.1. The van der Waals surface area contributed by atoms with E-state index in [1.165, 1.54) is 0 Å². The fourth-order valence-corrected chi connectivity index (χ4v) is 136. The van der Waals surface area contributed by atoms with E-state index in [1.807, 2.05) is 31.2 Å². The summed E-state index contributed by atoms with van der Waals surface area (Å²) in [5.74, 6) is 0. The summed E-state index contributed by atoms with van der Waals surface area (Å²) in [6.07, 6.45) is 0. The number of rotatable bonds is 0. The van der Waals surface area contributed by atoms with Crippen molar-refractivity contribution in [1.29, 1.82) is 0 Å². The van der Waals surface area contributed by atoms with Gasteiger partial charge >= 0.3 is 63.2 Å². The summed E-state index contributed by atoms with van der Waals surface area (Å²) in [7, 11) is 4.50. The van der Waals surface area contributed by atoms with Gasteiger partial charge in [0.2, 0.25) is 0 Å². The first kappa shape index (κ1) is 5.91. The van der Waals surface area contributed by atoms with Crippen molar-refractivity contribution in [2.45, 2.75) is 0 Å². The second-order valence-electron chi connectivity index (χ2n) is 1.73. The van der Waals surface area contributed by atoms with Crippen molar-refractivity contribution < 1.29 is 3.89 Å². The molecule has 3 aliphatic heterocycles. The van der Waals surface area contributed by atoms with Crippen LogP contribution in [0.5, 0.6) is 0 Å². The molecule has 1 atom stereocenters. The van der Waals surface area contributed by atoms with Gasteiger partial charge in [0.1, 0.15) is 0 Å². The van der Waals surface area contributed by atoms with E-state index in [0.717, 1.165) is 0 Å². The first-order valence-corrected chi connectivity index (χ1v) is 15.6. The molecule has 0 amide bonds. The van der Waals surface area contributed by atoms with Gasteiger partial charge in [-0.2, -0.15) is 0 Å². The summed E-state index contributed by atoms with van der Waals surface area (Å²) in [5.41, 5.74) is 0. The van der Waals surface area contributed by atoms with Gasteiger partial charge in [0.25, 0.3) is 0 Å². The third kappa shape index (κ3) is 0.321. The van der Waals surface area contributed by atoms with Gasteiger partial charge in [-0.3, -0.25) is 0 Å². The fourth-order valence-electron chi connectivity index (χ4n) is 0.684. The average molecular weight is 244 g/mol. The van der Waals surface area contributed by atoms with Crippen LogP contribution in [0.1, 0.15) is 0 Å². The summed E-state index contributed by atoms with van der Waals surface area (Å²) >= 11 is 4.69. The molecule has 0 N–H and O–H groups in total. The Morgan fingerprint density at radius 2 is 1.88 bits per heavy atom. The molecule has 3 heterocycles. The zero-order chi connectivity index (χ0) is 5.65. The van der Waals surface area contributed by atoms with Crippen LogP contribution in [0.25, 0.3) is 0 Å². The topological polar surface area (TPSA) is 0 Å². The molecule has 3 saturated heterocycles. The molecule has 0 saturated carbocycles. The van der Waals surface area contributed by atoms with Crippen molar-refractivity contribution in [2.24, 2.45) is 0 Å². The van der Waals surface area contributed by atoms with Crippen LogP contribution in [0.4, 0.5) is 3.89 Å². The van der Waals surface area contributed by atoms with Crippen molar-refractivity contribution in [1.82, 2.24) is 0 Å². The predicted octanol–water partition coefficient (Wildman–Crippen LogP) is 2.68. The number of thiol groups is 1. The Morgan fingerprint density at radius 1 is 1.50 bits per heavy atom. The normalized spacial score (nSPS) is 57.4. The Bertz CT molecular complexity index is 288. The molecule has 0 aliphatic carbocycles. The van der Waals surface area contributed by atoms with Crippen LogP contribution in [-0.4, -0.2) is 0 Å². The zero-order valence-corrected chi connectivity index (χ0v) is 9.34. The summed E-state index contributed by atoms with van der Waals surface area (Å²) in [4.78, 5) is 0. The molecule has 0 nitrogen and oxygen atoms in total. The molecule has 50 valence electrons. The molecule has 0 aromatic heterocycles. The van der Waals surface area contributed by atoms with E-state index in [0.29, 0.717) is 0 Å². The van der Waals surface area contributed by atoms with Gasteiger partial charge in [-0.15, -0.1) is 0 Å². The van der Waals surface area contributed by atoms with Gasteiger partial charge in [0.05, 0.1) is 0 Å². The van der Waals surface area contributed by atoms with Crippen molar-refractivity contribution in [3.05, 3.63) is 0 Å². The second kappa shape index (κ2) is 1.09. The molecule has 1 unspecified atom stereocenters. The summed E-state index contributed by atoms with van der Waals surface area (Å²) in [6, 6.07) is 0. The molecule has 8 heavy (non-hydrogen) atoms. The molecule has 0 aromatic rings. The van der Waals surface area contributed by atoms with Crippen molar-refractivity contribution in [3.63, 3.8) is 0 Å². The van der Waals surface area contributed by atoms with Gasteiger partial charge < -0.3 is 0 Å². The van der Waals surface area contributed by atoms with Crippen LogP contribution in [0, 0.1) is 0 Å². The molecule has 3 fully saturated rings. The average Bonchev–Trinajstić information content (AvgIpc) is 2.02. The van der Waals surface area contributed by atoms with Crippen LogP contribution < -0.4 is 0 Å². The Balaban J connectivity index is 2.64. The van der Waals surface area contributed by atoms with Gasteiger partial charge in [-0.25, -0.2) is 0 Å². The first-order chi connectivity index (χ1) is 3.65. The number of halogens is 1. The van der Waals surface area contributed by atoms with Crippen LogP contribution in [0.15, 0.2) is 0 Å². The molecular formula is H2FPS6. The minimum atomic E-state index is -1.43. The molecule has 8 heteroatoms. The predicted molar refractivity (Wildman–Crippen MR) is 55.7 cm³/mol. The first-order valence-electron chi connectivity index (χ1n) is 1.85. The van der Waals surface area contributed by atoms with E-state index in [-0.39, 0.29) is 0 Å². The van der Waals surface area contributed by atoms with Gasteiger partial charge in [0.15, 0.2) is 0 Å². The molecule has 0 spiro atoms. The van der Waals surface area contributed by atoms with Gasteiger partial charge in [-0.1, -0.05) is 0 Å². The van der Waals surface area contributed by atoms with E-state index in [2.05, 4.69) is 11.2 Å². The molecule has 3 rings (SSSR count). The van der Waals surface area contributed by atoms with Crippen molar-refractivity contribution in [2.75, 3.05) is 0 Å². The molecule has 0 radical (unpaired) electrons. The van der Waals surface area contributed by atoms with E-state index < -0.39 is 16.9 Å².